The molecule has 1 aliphatic heterocycles. The fourth-order valence-corrected chi connectivity index (χ4v) is 4.24. The molecule has 20 heavy (non-hydrogen) atoms. The standard InChI is InChI=1S/C19H22S/c1-14(2)17-10-11-20-19-9-8-16(13-18(17)19)12-15-6-4-3-5-7-15/h3-9,13-14,17H,10-12H2,1-2H3. The summed E-state index contributed by atoms with van der Waals surface area (Å²) in [5, 5.41) is 0. The van der Waals surface area contributed by atoms with Crippen LogP contribution in [0.2, 0.25) is 0 Å². The molecule has 2 aromatic rings. The van der Waals surface area contributed by atoms with Gasteiger partial charge in [0.25, 0.3) is 0 Å². The van der Waals surface area contributed by atoms with E-state index >= 15 is 0 Å². The molecule has 0 saturated heterocycles. The van der Waals surface area contributed by atoms with Crippen LogP contribution in [0.25, 0.3) is 0 Å². The zero-order valence-electron chi connectivity index (χ0n) is 12.3. The van der Waals surface area contributed by atoms with Crippen LogP contribution < -0.4 is 0 Å². The van der Waals surface area contributed by atoms with Crippen molar-refractivity contribution in [3.8, 4) is 0 Å². The first-order valence-corrected chi connectivity index (χ1v) is 8.52. The van der Waals surface area contributed by atoms with Crippen LogP contribution in [0.15, 0.2) is 53.4 Å². The van der Waals surface area contributed by atoms with Crippen molar-refractivity contribution in [2.45, 2.75) is 37.5 Å². The van der Waals surface area contributed by atoms with E-state index in [9.17, 15) is 0 Å². The Balaban J connectivity index is 1.89. The van der Waals surface area contributed by atoms with Gasteiger partial charge in [0, 0.05) is 4.90 Å². The molecule has 0 fully saturated rings. The third kappa shape index (κ3) is 2.93. The Morgan fingerprint density at radius 2 is 1.85 bits per heavy atom. The first-order chi connectivity index (χ1) is 9.74. The molecule has 2 aromatic carbocycles. The minimum absolute atomic E-state index is 0.738. The Labute approximate surface area is 126 Å². The van der Waals surface area contributed by atoms with Gasteiger partial charge in [-0.15, -0.1) is 11.8 Å². The number of benzene rings is 2. The summed E-state index contributed by atoms with van der Waals surface area (Å²) in [6, 6.07) is 17.9. The van der Waals surface area contributed by atoms with Gasteiger partial charge in [-0.05, 0) is 53.2 Å². The fourth-order valence-electron chi connectivity index (χ4n) is 3.10. The van der Waals surface area contributed by atoms with Crippen LogP contribution in [0.1, 0.15) is 42.9 Å². The predicted molar refractivity (Wildman–Crippen MR) is 88.6 cm³/mol. The highest BCUT2D eigenvalue weighted by atomic mass is 32.2. The van der Waals surface area contributed by atoms with Crippen LogP contribution in [-0.4, -0.2) is 5.75 Å². The molecule has 0 radical (unpaired) electrons. The molecular weight excluding hydrogens is 260 g/mol. The second kappa shape index (κ2) is 6.05. The number of rotatable bonds is 3. The third-order valence-corrected chi connectivity index (χ3v) is 5.34. The van der Waals surface area contributed by atoms with E-state index in [1.54, 1.807) is 5.56 Å². The smallest absolute Gasteiger partial charge is 0.0107 e. The average Bonchev–Trinajstić information content (AvgIpc) is 2.47. The molecule has 3 rings (SSSR count). The Hall–Kier alpha value is -1.21. The lowest BCUT2D eigenvalue weighted by Gasteiger charge is -2.28. The Bertz CT molecular complexity index is 572. The van der Waals surface area contributed by atoms with Gasteiger partial charge in [0.2, 0.25) is 0 Å². The summed E-state index contributed by atoms with van der Waals surface area (Å²) in [5.41, 5.74) is 4.43. The number of hydrogen-bond donors (Lipinski definition) is 0. The summed E-state index contributed by atoms with van der Waals surface area (Å²) in [5.74, 6) is 2.75. The van der Waals surface area contributed by atoms with Crippen LogP contribution >= 0.6 is 11.8 Å². The summed E-state index contributed by atoms with van der Waals surface area (Å²) in [7, 11) is 0. The van der Waals surface area contributed by atoms with Gasteiger partial charge in [-0.1, -0.05) is 56.3 Å². The van der Waals surface area contributed by atoms with Gasteiger partial charge in [0.1, 0.15) is 0 Å². The van der Waals surface area contributed by atoms with Crippen LogP contribution in [0.3, 0.4) is 0 Å². The quantitative estimate of drug-likeness (QED) is 0.715. The van der Waals surface area contributed by atoms with E-state index in [0.717, 1.165) is 18.3 Å². The first kappa shape index (κ1) is 13.8. The van der Waals surface area contributed by atoms with Crippen LogP contribution in [-0.2, 0) is 6.42 Å². The predicted octanol–water partition coefficient (Wildman–Crippen LogP) is 5.51. The topological polar surface area (TPSA) is 0 Å². The van der Waals surface area contributed by atoms with Crippen molar-refractivity contribution in [3.05, 3.63) is 65.2 Å². The molecule has 1 aliphatic rings. The Kier molecular flexibility index (Phi) is 4.16. The first-order valence-electron chi connectivity index (χ1n) is 7.53. The van der Waals surface area contributed by atoms with Crippen LogP contribution in [0, 0.1) is 5.92 Å². The summed E-state index contributed by atoms with van der Waals surface area (Å²) in [6.07, 6.45) is 2.37. The zero-order valence-corrected chi connectivity index (χ0v) is 13.1. The Morgan fingerprint density at radius 3 is 2.60 bits per heavy atom. The van der Waals surface area contributed by atoms with E-state index < -0.39 is 0 Å². The highest BCUT2D eigenvalue weighted by Crippen LogP contribution is 2.41. The molecular formula is C19H22S. The van der Waals surface area contributed by atoms with Gasteiger partial charge < -0.3 is 0 Å². The molecule has 0 aliphatic carbocycles. The second-order valence-corrected chi connectivity index (χ2v) is 7.16. The van der Waals surface area contributed by atoms with Gasteiger partial charge >= 0.3 is 0 Å². The van der Waals surface area contributed by atoms with E-state index in [-0.39, 0.29) is 0 Å². The minimum atomic E-state index is 0.738. The molecule has 0 aromatic heterocycles. The van der Waals surface area contributed by atoms with Crippen molar-refractivity contribution in [3.63, 3.8) is 0 Å². The molecule has 104 valence electrons. The van der Waals surface area contributed by atoms with Crippen molar-refractivity contribution in [1.29, 1.82) is 0 Å². The molecule has 0 nitrogen and oxygen atoms in total. The van der Waals surface area contributed by atoms with Crippen molar-refractivity contribution in [2.75, 3.05) is 5.75 Å². The largest absolute Gasteiger partial charge is 0.126 e. The monoisotopic (exact) mass is 282 g/mol. The lowest BCUT2D eigenvalue weighted by Crippen LogP contribution is -2.13. The molecule has 0 saturated carbocycles. The van der Waals surface area contributed by atoms with Crippen molar-refractivity contribution >= 4 is 11.8 Å². The maximum atomic E-state index is 2.46. The molecule has 1 heteroatoms. The fraction of sp³-hybridized carbons (Fsp3) is 0.368. The molecule has 0 bridgehead atoms. The Morgan fingerprint density at radius 1 is 1.05 bits per heavy atom. The van der Waals surface area contributed by atoms with Crippen molar-refractivity contribution < 1.29 is 0 Å². The minimum Gasteiger partial charge on any atom is -0.126 e. The van der Waals surface area contributed by atoms with E-state index in [1.165, 1.54) is 28.2 Å². The van der Waals surface area contributed by atoms with Crippen molar-refractivity contribution in [1.82, 2.24) is 0 Å². The lowest BCUT2D eigenvalue weighted by atomic mass is 9.85. The normalized spacial score (nSPS) is 18.1. The second-order valence-electron chi connectivity index (χ2n) is 6.02. The molecule has 1 heterocycles. The molecule has 0 amide bonds. The van der Waals surface area contributed by atoms with Crippen LogP contribution in [0.4, 0.5) is 0 Å². The van der Waals surface area contributed by atoms with E-state index in [0.29, 0.717) is 0 Å². The van der Waals surface area contributed by atoms with E-state index in [1.807, 2.05) is 11.8 Å². The molecule has 1 atom stereocenters. The lowest BCUT2D eigenvalue weighted by molar-refractivity contribution is 0.477. The van der Waals surface area contributed by atoms with Gasteiger partial charge in [-0.25, -0.2) is 0 Å². The number of hydrogen-bond acceptors (Lipinski definition) is 1. The highest BCUT2D eigenvalue weighted by Gasteiger charge is 2.23. The average molecular weight is 282 g/mol. The molecule has 0 N–H and O–H groups in total. The van der Waals surface area contributed by atoms with Gasteiger partial charge in [-0.3, -0.25) is 0 Å². The van der Waals surface area contributed by atoms with Gasteiger partial charge in [0.15, 0.2) is 0 Å². The van der Waals surface area contributed by atoms with E-state index in [4.69, 9.17) is 0 Å². The summed E-state index contributed by atoms with van der Waals surface area (Å²) in [6.45, 7) is 4.71. The molecule has 1 unspecified atom stereocenters. The van der Waals surface area contributed by atoms with Crippen LogP contribution in [0.5, 0.6) is 0 Å². The summed E-state index contributed by atoms with van der Waals surface area (Å²) >= 11 is 2.02. The maximum absolute atomic E-state index is 2.46. The zero-order chi connectivity index (χ0) is 13.9. The van der Waals surface area contributed by atoms with Gasteiger partial charge in [0.05, 0.1) is 0 Å². The highest BCUT2D eigenvalue weighted by molar-refractivity contribution is 7.99. The molecule has 0 spiro atoms. The number of thioether (sulfide) groups is 1. The van der Waals surface area contributed by atoms with Gasteiger partial charge in [-0.2, -0.15) is 0 Å². The van der Waals surface area contributed by atoms with E-state index in [2.05, 4.69) is 62.4 Å². The SMILES string of the molecule is CC(C)C1CCSc2ccc(Cc3ccccc3)cc21. The number of fused-ring (bicyclic) bond motifs is 1. The summed E-state index contributed by atoms with van der Waals surface area (Å²) in [4.78, 5) is 1.51. The van der Waals surface area contributed by atoms with Crippen molar-refractivity contribution in [2.24, 2.45) is 5.92 Å². The third-order valence-electron chi connectivity index (χ3n) is 4.22. The summed E-state index contributed by atoms with van der Waals surface area (Å²) < 4.78 is 0. The maximum Gasteiger partial charge on any atom is 0.0107 e.